The van der Waals surface area contributed by atoms with Gasteiger partial charge in [-0.05, 0) is 52.1 Å². The van der Waals surface area contributed by atoms with E-state index < -0.39 is 0 Å². The van der Waals surface area contributed by atoms with Gasteiger partial charge < -0.3 is 15.1 Å². The molecule has 0 aromatic carbocycles. The molecule has 2 fully saturated rings. The monoisotopic (exact) mass is 253 g/mol. The number of hydrogen-bond donors (Lipinski definition) is 1. The molecule has 0 aliphatic carbocycles. The van der Waals surface area contributed by atoms with Crippen molar-refractivity contribution in [3.8, 4) is 0 Å². The van der Waals surface area contributed by atoms with Crippen molar-refractivity contribution in [3.63, 3.8) is 0 Å². The number of carbonyl (C=O) groups is 1. The Balaban J connectivity index is 1.59. The summed E-state index contributed by atoms with van der Waals surface area (Å²) in [6, 6.07) is 0.654. The van der Waals surface area contributed by atoms with Gasteiger partial charge in [0.25, 0.3) is 0 Å². The van der Waals surface area contributed by atoms with Crippen LogP contribution in [0.5, 0.6) is 0 Å². The fraction of sp³-hybridized carbons (Fsp3) is 0.929. The highest BCUT2D eigenvalue weighted by Crippen LogP contribution is 2.17. The van der Waals surface area contributed by atoms with E-state index in [0.29, 0.717) is 12.6 Å². The van der Waals surface area contributed by atoms with Gasteiger partial charge in [0.2, 0.25) is 5.91 Å². The third-order valence-electron chi connectivity index (χ3n) is 4.22. The van der Waals surface area contributed by atoms with Crippen molar-refractivity contribution in [2.75, 3.05) is 39.3 Å². The molecule has 0 bridgehead atoms. The largest absolute Gasteiger partial charge is 0.342 e. The Bertz CT molecular complexity index is 274. The average Bonchev–Trinajstić information content (AvgIpc) is 3.00. The average molecular weight is 253 g/mol. The Kier molecular flexibility index (Phi) is 5.01. The third-order valence-corrected chi connectivity index (χ3v) is 4.22. The third kappa shape index (κ3) is 3.69. The summed E-state index contributed by atoms with van der Waals surface area (Å²) in [5, 5.41) is 3.35. The Morgan fingerprint density at radius 2 is 2.00 bits per heavy atom. The van der Waals surface area contributed by atoms with Crippen LogP contribution in [0.15, 0.2) is 0 Å². The summed E-state index contributed by atoms with van der Waals surface area (Å²) in [7, 11) is 0. The molecule has 18 heavy (non-hydrogen) atoms. The molecule has 1 N–H and O–H groups in total. The van der Waals surface area contributed by atoms with Crippen LogP contribution < -0.4 is 5.32 Å². The van der Waals surface area contributed by atoms with Gasteiger partial charge in [-0.25, -0.2) is 0 Å². The van der Waals surface area contributed by atoms with Crippen molar-refractivity contribution >= 4 is 5.91 Å². The van der Waals surface area contributed by atoms with E-state index in [4.69, 9.17) is 0 Å². The van der Waals surface area contributed by atoms with Gasteiger partial charge in [-0.15, -0.1) is 0 Å². The van der Waals surface area contributed by atoms with Crippen LogP contribution in [0.2, 0.25) is 0 Å². The molecular formula is C14H27N3O. The van der Waals surface area contributed by atoms with Gasteiger partial charge in [0, 0.05) is 25.7 Å². The lowest BCUT2D eigenvalue weighted by molar-refractivity contribution is -0.129. The predicted molar refractivity (Wildman–Crippen MR) is 73.5 cm³/mol. The highest BCUT2D eigenvalue weighted by molar-refractivity contribution is 5.78. The highest BCUT2D eigenvalue weighted by atomic mass is 16.2. The van der Waals surface area contributed by atoms with Crippen molar-refractivity contribution in [3.05, 3.63) is 0 Å². The topological polar surface area (TPSA) is 35.6 Å². The van der Waals surface area contributed by atoms with E-state index in [0.717, 1.165) is 25.6 Å². The van der Waals surface area contributed by atoms with E-state index >= 15 is 0 Å². The first-order valence-corrected chi connectivity index (χ1v) is 7.39. The quantitative estimate of drug-likeness (QED) is 0.792. The van der Waals surface area contributed by atoms with Gasteiger partial charge in [0.15, 0.2) is 0 Å². The number of carbonyl (C=O) groups excluding carboxylic acids is 1. The van der Waals surface area contributed by atoms with E-state index in [-0.39, 0.29) is 5.91 Å². The van der Waals surface area contributed by atoms with Crippen molar-refractivity contribution < 1.29 is 4.79 Å². The van der Waals surface area contributed by atoms with Crippen molar-refractivity contribution in [2.45, 2.75) is 39.2 Å². The van der Waals surface area contributed by atoms with Crippen molar-refractivity contribution in [1.82, 2.24) is 15.1 Å². The van der Waals surface area contributed by atoms with Gasteiger partial charge in [-0.2, -0.15) is 0 Å². The molecule has 2 aliphatic rings. The molecule has 1 atom stereocenters. The summed E-state index contributed by atoms with van der Waals surface area (Å²) in [5.41, 5.74) is 0. The predicted octanol–water partition coefficient (Wildman–Crippen LogP) is 0.929. The second-order valence-electron chi connectivity index (χ2n) is 5.96. The zero-order valence-corrected chi connectivity index (χ0v) is 11.8. The number of rotatable bonds is 5. The molecule has 1 amide bonds. The second-order valence-corrected chi connectivity index (χ2v) is 5.96. The Labute approximate surface area is 111 Å². The molecule has 1 unspecified atom stereocenters. The maximum Gasteiger partial charge on any atom is 0.236 e. The van der Waals surface area contributed by atoms with Gasteiger partial charge >= 0.3 is 0 Å². The van der Waals surface area contributed by atoms with Crippen LogP contribution in [-0.2, 0) is 4.79 Å². The number of nitrogens with zero attached hydrogens (tertiary/aromatic N) is 2. The van der Waals surface area contributed by atoms with Crippen molar-refractivity contribution in [1.29, 1.82) is 0 Å². The first-order valence-electron chi connectivity index (χ1n) is 7.39. The molecule has 2 rings (SSSR count). The molecule has 0 aromatic heterocycles. The SMILES string of the molecule is CC(C)N1CCC(CNCC(=O)N2CCCC2)C1. The summed E-state index contributed by atoms with van der Waals surface area (Å²) >= 11 is 0. The van der Waals surface area contributed by atoms with Gasteiger partial charge in [-0.1, -0.05) is 0 Å². The van der Waals surface area contributed by atoms with E-state index in [1.807, 2.05) is 4.90 Å². The molecule has 2 heterocycles. The van der Waals surface area contributed by atoms with E-state index in [2.05, 4.69) is 24.1 Å². The van der Waals surface area contributed by atoms with Crippen LogP contribution >= 0.6 is 0 Å². The number of nitrogens with one attached hydrogen (secondary N) is 1. The molecule has 0 saturated carbocycles. The normalized spacial score (nSPS) is 25.3. The van der Waals surface area contributed by atoms with Gasteiger partial charge in [0.1, 0.15) is 0 Å². The number of likely N-dealkylation sites (tertiary alicyclic amines) is 2. The van der Waals surface area contributed by atoms with Crippen molar-refractivity contribution in [2.24, 2.45) is 5.92 Å². The summed E-state index contributed by atoms with van der Waals surface area (Å²) in [6.45, 7) is 10.4. The molecule has 4 heteroatoms. The van der Waals surface area contributed by atoms with Crippen LogP contribution in [0, 0.1) is 5.92 Å². The fourth-order valence-corrected chi connectivity index (χ4v) is 2.96. The molecule has 2 saturated heterocycles. The summed E-state index contributed by atoms with van der Waals surface area (Å²) < 4.78 is 0. The minimum Gasteiger partial charge on any atom is -0.342 e. The molecule has 104 valence electrons. The zero-order valence-electron chi connectivity index (χ0n) is 11.8. The van der Waals surface area contributed by atoms with Crippen LogP contribution in [0.4, 0.5) is 0 Å². The first-order chi connectivity index (χ1) is 8.66. The summed E-state index contributed by atoms with van der Waals surface area (Å²) in [4.78, 5) is 16.4. The maximum absolute atomic E-state index is 11.8. The van der Waals surface area contributed by atoms with E-state index in [1.165, 1.54) is 32.4 Å². The fourth-order valence-electron chi connectivity index (χ4n) is 2.96. The van der Waals surface area contributed by atoms with Crippen LogP contribution in [0.1, 0.15) is 33.1 Å². The van der Waals surface area contributed by atoms with Crippen LogP contribution in [-0.4, -0.2) is 61.0 Å². The molecule has 0 aromatic rings. The maximum atomic E-state index is 11.8. The van der Waals surface area contributed by atoms with Gasteiger partial charge in [0.05, 0.1) is 6.54 Å². The highest BCUT2D eigenvalue weighted by Gasteiger charge is 2.24. The lowest BCUT2D eigenvalue weighted by atomic mass is 10.1. The lowest BCUT2D eigenvalue weighted by Crippen LogP contribution is -2.38. The Hall–Kier alpha value is -0.610. The minimum atomic E-state index is 0.284. The molecular weight excluding hydrogens is 226 g/mol. The molecule has 0 radical (unpaired) electrons. The summed E-state index contributed by atoms with van der Waals surface area (Å²) in [6.07, 6.45) is 3.62. The Morgan fingerprint density at radius 1 is 1.28 bits per heavy atom. The smallest absolute Gasteiger partial charge is 0.236 e. The van der Waals surface area contributed by atoms with E-state index in [1.54, 1.807) is 0 Å². The first kappa shape index (κ1) is 13.8. The molecule has 0 spiro atoms. The Morgan fingerprint density at radius 3 is 2.61 bits per heavy atom. The van der Waals surface area contributed by atoms with Crippen LogP contribution in [0.25, 0.3) is 0 Å². The van der Waals surface area contributed by atoms with E-state index in [9.17, 15) is 4.79 Å². The molecule has 4 nitrogen and oxygen atoms in total. The minimum absolute atomic E-state index is 0.284. The van der Waals surface area contributed by atoms with Crippen LogP contribution in [0.3, 0.4) is 0 Å². The summed E-state index contributed by atoms with van der Waals surface area (Å²) in [5.74, 6) is 1.00. The standard InChI is InChI=1S/C14H27N3O/c1-12(2)17-8-5-13(11-17)9-15-10-14(18)16-6-3-4-7-16/h12-13,15H,3-11H2,1-2H3. The lowest BCUT2D eigenvalue weighted by Gasteiger charge is -2.20. The van der Waals surface area contributed by atoms with Gasteiger partial charge in [-0.3, -0.25) is 4.79 Å². The molecule has 2 aliphatic heterocycles. The zero-order chi connectivity index (χ0) is 13.0. The number of hydrogen-bond acceptors (Lipinski definition) is 3. The number of amides is 1. The second kappa shape index (κ2) is 6.53.